The van der Waals surface area contributed by atoms with E-state index in [4.69, 9.17) is 4.74 Å². The van der Waals surface area contributed by atoms with Crippen molar-refractivity contribution in [2.24, 2.45) is 0 Å². The minimum absolute atomic E-state index is 0.606. The first kappa shape index (κ1) is 13.2. The van der Waals surface area contributed by atoms with E-state index in [0.717, 1.165) is 50.7 Å². The summed E-state index contributed by atoms with van der Waals surface area (Å²) in [6.45, 7) is 5.52. The summed E-state index contributed by atoms with van der Waals surface area (Å²) in [6, 6.07) is 0.606. The quantitative estimate of drug-likeness (QED) is 0.858. The maximum Gasteiger partial charge on any atom is 0.144 e. The van der Waals surface area contributed by atoms with Gasteiger partial charge in [0.2, 0.25) is 0 Å². The molecule has 18 heavy (non-hydrogen) atoms. The Morgan fingerprint density at radius 2 is 2.11 bits per heavy atom. The molecule has 100 valence electrons. The Labute approximate surface area is 109 Å². The van der Waals surface area contributed by atoms with Crippen molar-refractivity contribution in [2.75, 3.05) is 32.1 Å². The van der Waals surface area contributed by atoms with Crippen LogP contribution in [0.4, 0.5) is 5.82 Å². The molecule has 1 aliphatic heterocycles. The van der Waals surface area contributed by atoms with Crippen molar-refractivity contribution in [1.29, 1.82) is 0 Å². The van der Waals surface area contributed by atoms with Gasteiger partial charge in [-0.05, 0) is 26.8 Å². The number of aromatic nitrogens is 2. The highest BCUT2D eigenvalue weighted by molar-refractivity contribution is 5.30. The van der Waals surface area contributed by atoms with Crippen molar-refractivity contribution in [3.63, 3.8) is 0 Å². The van der Waals surface area contributed by atoms with Crippen molar-refractivity contribution < 1.29 is 4.74 Å². The topological polar surface area (TPSA) is 50.3 Å². The molecule has 0 atom stereocenters. The molecule has 1 saturated heterocycles. The van der Waals surface area contributed by atoms with Gasteiger partial charge >= 0.3 is 0 Å². The molecule has 0 spiro atoms. The predicted molar refractivity (Wildman–Crippen MR) is 71.5 cm³/mol. The highest BCUT2D eigenvalue weighted by atomic mass is 16.5. The molecule has 0 unspecified atom stereocenters. The zero-order valence-corrected chi connectivity index (χ0v) is 11.2. The van der Waals surface area contributed by atoms with E-state index >= 15 is 0 Å². The molecule has 0 aliphatic carbocycles. The second-order valence-corrected chi connectivity index (χ2v) is 4.68. The van der Waals surface area contributed by atoms with Crippen LogP contribution in [0.3, 0.4) is 0 Å². The summed E-state index contributed by atoms with van der Waals surface area (Å²) in [5, 5.41) is 3.15. The van der Waals surface area contributed by atoms with Crippen molar-refractivity contribution in [2.45, 2.75) is 32.4 Å². The third kappa shape index (κ3) is 3.65. The molecule has 1 aromatic heterocycles. The number of nitrogens with zero attached hydrogens (tertiary/aromatic N) is 3. The van der Waals surface area contributed by atoms with E-state index in [2.05, 4.69) is 34.2 Å². The zero-order valence-electron chi connectivity index (χ0n) is 11.2. The standard InChI is InChI=1S/C13H22N4O/c1-3-14-13-9-15-11(8-16-13)10-17(2)12-4-6-18-7-5-12/h8-9,12H,3-7,10H2,1-2H3,(H,14,16). The Morgan fingerprint density at radius 1 is 1.33 bits per heavy atom. The SMILES string of the molecule is CCNc1cnc(CN(C)C2CCOCC2)cn1. The molecule has 0 bridgehead atoms. The Hall–Kier alpha value is -1.20. The van der Waals surface area contributed by atoms with Crippen molar-refractivity contribution >= 4 is 5.82 Å². The van der Waals surface area contributed by atoms with Crippen LogP contribution in [-0.4, -0.2) is 47.7 Å². The van der Waals surface area contributed by atoms with Crippen LogP contribution in [-0.2, 0) is 11.3 Å². The number of anilines is 1. The first-order chi connectivity index (χ1) is 8.79. The second kappa shape index (κ2) is 6.66. The van der Waals surface area contributed by atoms with Crippen LogP contribution >= 0.6 is 0 Å². The lowest BCUT2D eigenvalue weighted by atomic mass is 10.1. The van der Waals surface area contributed by atoms with Gasteiger partial charge in [-0.2, -0.15) is 0 Å². The van der Waals surface area contributed by atoms with Crippen LogP contribution in [0.5, 0.6) is 0 Å². The van der Waals surface area contributed by atoms with Gasteiger partial charge in [-0.25, -0.2) is 4.98 Å². The van der Waals surface area contributed by atoms with Gasteiger partial charge in [0, 0.05) is 32.3 Å². The molecule has 2 rings (SSSR count). The molecular weight excluding hydrogens is 228 g/mol. The van der Waals surface area contributed by atoms with Crippen LogP contribution in [0.1, 0.15) is 25.5 Å². The van der Waals surface area contributed by atoms with Crippen molar-refractivity contribution in [1.82, 2.24) is 14.9 Å². The minimum atomic E-state index is 0.606. The average molecular weight is 250 g/mol. The smallest absolute Gasteiger partial charge is 0.144 e. The van der Waals surface area contributed by atoms with E-state index in [-0.39, 0.29) is 0 Å². The highest BCUT2D eigenvalue weighted by Crippen LogP contribution is 2.14. The van der Waals surface area contributed by atoms with Gasteiger partial charge in [-0.3, -0.25) is 9.88 Å². The van der Waals surface area contributed by atoms with E-state index in [9.17, 15) is 0 Å². The lowest BCUT2D eigenvalue weighted by molar-refractivity contribution is 0.0403. The van der Waals surface area contributed by atoms with Crippen molar-refractivity contribution in [3.05, 3.63) is 18.1 Å². The molecule has 0 amide bonds. The van der Waals surface area contributed by atoms with Gasteiger partial charge in [0.1, 0.15) is 5.82 Å². The van der Waals surface area contributed by atoms with E-state index in [0.29, 0.717) is 6.04 Å². The summed E-state index contributed by atoms with van der Waals surface area (Å²) in [5.41, 5.74) is 1.02. The summed E-state index contributed by atoms with van der Waals surface area (Å²) in [5.74, 6) is 0.843. The van der Waals surface area contributed by atoms with Gasteiger partial charge in [0.25, 0.3) is 0 Å². The summed E-state index contributed by atoms with van der Waals surface area (Å²) >= 11 is 0. The number of nitrogens with one attached hydrogen (secondary N) is 1. The molecule has 1 N–H and O–H groups in total. The third-order valence-electron chi connectivity index (χ3n) is 3.29. The summed E-state index contributed by atoms with van der Waals surface area (Å²) in [4.78, 5) is 11.1. The first-order valence-corrected chi connectivity index (χ1v) is 6.62. The fourth-order valence-electron chi connectivity index (χ4n) is 2.22. The zero-order chi connectivity index (χ0) is 12.8. The molecule has 5 heteroatoms. The van der Waals surface area contributed by atoms with Gasteiger partial charge < -0.3 is 10.1 Å². The molecule has 0 aromatic carbocycles. The van der Waals surface area contributed by atoms with Crippen LogP contribution in [0.15, 0.2) is 12.4 Å². The molecule has 0 saturated carbocycles. The molecular formula is C13H22N4O. The lowest BCUT2D eigenvalue weighted by Gasteiger charge is -2.30. The van der Waals surface area contributed by atoms with Crippen LogP contribution in [0, 0.1) is 0 Å². The molecule has 2 heterocycles. The lowest BCUT2D eigenvalue weighted by Crippen LogP contribution is -2.36. The van der Waals surface area contributed by atoms with E-state index in [1.54, 1.807) is 6.20 Å². The molecule has 1 fully saturated rings. The average Bonchev–Trinajstić information content (AvgIpc) is 2.42. The van der Waals surface area contributed by atoms with E-state index in [1.165, 1.54) is 0 Å². The number of ether oxygens (including phenoxy) is 1. The minimum Gasteiger partial charge on any atom is -0.381 e. The van der Waals surface area contributed by atoms with E-state index in [1.807, 2.05) is 6.20 Å². The van der Waals surface area contributed by atoms with Gasteiger partial charge in [0.05, 0.1) is 18.1 Å². The number of rotatable bonds is 5. The Bertz CT molecular complexity index is 349. The maximum absolute atomic E-state index is 5.38. The van der Waals surface area contributed by atoms with Gasteiger partial charge in [-0.1, -0.05) is 0 Å². The van der Waals surface area contributed by atoms with Crippen LogP contribution in [0.2, 0.25) is 0 Å². The fourth-order valence-corrected chi connectivity index (χ4v) is 2.22. The summed E-state index contributed by atoms with van der Waals surface area (Å²) < 4.78 is 5.38. The summed E-state index contributed by atoms with van der Waals surface area (Å²) in [7, 11) is 2.15. The fraction of sp³-hybridized carbons (Fsp3) is 0.692. The number of hydrogen-bond donors (Lipinski definition) is 1. The Morgan fingerprint density at radius 3 is 2.72 bits per heavy atom. The third-order valence-corrected chi connectivity index (χ3v) is 3.29. The summed E-state index contributed by atoms with van der Waals surface area (Å²) in [6.07, 6.45) is 5.88. The van der Waals surface area contributed by atoms with Crippen molar-refractivity contribution in [3.8, 4) is 0 Å². The first-order valence-electron chi connectivity index (χ1n) is 6.62. The largest absolute Gasteiger partial charge is 0.381 e. The normalized spacial score (nSPS) is 17.1. The molecule has 0 radical (unpaired) electrons. The Kier molecular flexibility index (Phi) is 4.90. The van der Waals surface area contributed by atoms with Gasteiger partial charge in [-0.15, -0.1) is 0 Å². The molecule has 1 aliphatic rings. The monoisotopic (exact) mass is 250 g/mol. The predicted octanol–water partition coefficient (Wildman–Crippen LogP) is 1.52. The maximum atomic E-state index is 5.38. The molecule has 5 nitrogen and oxygen atoms in total. The Balaban J connectivity index is 1.87. The van der Waals surface area contributed by atoms with Crippen LogP contribution in [0.25, 0.3) is 0 Å². The number of hydrogen-bond acceptors (Lipinski definition) is 5. The second-order valence-electron chi connectivity index (χ2n) is 4.68. The molecule has 1 aromatic rings. The highest BCUT2D eigenvalue weighted by Gasteiger charge is 2.18. The van der Waals surface area contributed by atoms with E-state index < -0.39 is 0 Å². The van der Waals surface area contributed by atoms with Crippen LogP contribution < -0.4 is 5.32 Å². The van der Waals surface area contributed by atoms with Gasteiger partial charge in [0.15, 0.2) is 0 Å².